The highest BCUT2D eigenvalue weighted by molar-refractivity contribution is 7.09. The fourth-order valence-corrected chi connectivity index (χ4v) is 2.58. The molecule has 17 heavy (non-hydrogen) atoms. The lowest BCUT2D eigenvalue weighted by Gasteiger charge is -2.30. The van der Waals surface area contributed by atoms with Gasteiger partial charge in [0.1, 0.15) is 6.10 Å². The molecule has 0 aromatic carbocycles. The van der Waals surface area contributed by atoms with Gasteiger partial charge in [-0.05, 0) is 20.4 Å². The molecule has 1 atom stereocenters. The van der Waals surface area contributed by atoms with E-state index in [-0.39, 0.29) is 6.10 Å². The molecule has 1 aromatic rings. The summed E-state index contributed by atoms with van der Waals surface area (Å²) in [6.07, 6.45) is 0.0302. The number of rotatable bonds is 4. The second-order valence-electron chi connectivity index (χ2n) is 4.51. The molecule has 2 heterocycles. The molecule has 1 unspecified atom stereocenters. The molecule has 0 amide bonds. The standard InChI is InChI=1S/C11H20N4OS/c1-4-15-5-6-16-9(7-15)10-13-11(17-14-10)12-8(2)3/h8-9H,4-7H2,1-3H3,(H,12,13,14). The second-order valence-corrected chi connectivity index (χ2v) is 5.26. The first-order valence-corrected chi connectivity index (χ1v) is 6.90. The largest absolute Gasteiger partial charge is 0.367 e. The van der Waals surface area contributed by atoms with Crippen molar-refractivity contribution in [1.82, 2.24) is 14.3 Å². The number of anilines is 1. The summed E-state index contributed by atoms with van der Waals surface area (Å²) >= 11 is 1.41. The molecular weight excluding hydrogens is 236 g/mol. The van der Waals surface area contributed by atoms with Crippen LogP contribution in [0, 0.1) is 0 Å². The maximum absolute atomic E-state index is 5.73. The summed E-state index contributed by atoms with van der Waals surface area (Å²) in [4.78, 5) is 6.85. The van der Waals surface area contributed by atoms with Crippen LogP contribution in [0.25, 0.3) is 0 Å². The minimum Gasteiger partial charge on any atom is -0.367 e. The van der Waals surface area contributed by atoms with Crippen LogP contribution in [-0.4, -0.2) is 46.5 Å². The van der Waals surface area contributed by atoms with Crippen molar-refractivity contribution in [3.8, 4) is 0 Å². The van der Waals surface area contributed by atoms with Crippen molar-refractivity contribution in [2.24, 2.45) is 0 Å². The molecule has 0 saturated carbocycles. The van der Waals surface area contributed by atoms with Crippen molar-refractivity contribution in [1.29, 1.82) is 0 Å². The third kappa shape index (κ3) is 3.37. The van der Waals surface area contributed by atoms with Crippen molar-refractivity contribution in [3.05, 3.63) is 5.82 Å². The summed E-state index contributed by atoms with van der Waals surface area (Å²) < 4.78 is 10.1. The van der Waals surface area contributed by atoms with Crippen LogP contribution in [0.5, 0.6) is 0 Å². The summed E-state index contributed by atoms with van der Waals surface area (Å²) in [5, 5.41) is 4.15. The van der Waals surface area contributed by atoms with Crippen LogP contribution < -0.4 is 5.32 Å². The lowest BCUT2D eigenvalue weighted by Crippen LogP contribution is -2.38. The fraction of sp³-hybridized carbons (Fsp3) is 0.818. The molecule has 1 saturated heterocycles. The average Bonchev–Trinajstić information content (AvgIpc) is 2.77. The van der Waals surface area contributed by atoms with E-state index in [2.05, 4.69) is 40.3 Å². The summed E-state index contributed by atoms with van der Waals surface area (Å²) in [5.74, 6) is 0.816. The highest BCUT2D eigenvalue weighted by Gasteiger charge is 2.24. The lowest BCUT2D eigenvalue weighted by molar-refractivity contribution is -0.0319. The predicted octanol–water partition coefficient (Wildman–Crippen LogP) is 1.75. The summed E-state index contributed by atoms with van der Waals surface area (Å²) in [7, 11) is 0. The molecule has 1 aromatic heterocycles. The smallest absolute Gasteiger partial charge is 0.202 e. The average molecular weight is 256 g/mol. The normalized spacial score (nSPS) is 22.0. The minimum atomic E-state index is 0.0302. The number of nitrogens with zero attached hydrogens (tertiary/aromatic N) is 3. The van der Waals surface area contributed by atoms with E-state index in [0.717, 1.165) is 37.2 Å². The van der Waals surface area contributed by atoms with Gasteiger partial charge in [-0.2, -0.15) is 4.37 Å². The highest BCUT2D eigenvalue weighted by Crippen LogP contribution is 2.23. The van der Waals surface area contributed by atoms with Gasteiger partial charge in [0.05, 0.1) is 6.61 Å². The number of morpholine rings is 1. The zero-order valence-electron chi connectivity index (χ0n) is 10.6. The zero-order valence-corrected chi connectivity index (χ0v) is 11.5. The first kappa shape index (κ1) is 12.7. The second kappa shape index (κ2) is 5.75. The van der Waals surface area contributed by atoms with Gasteiger partial charge in [0.25, 0.3) is 0 Å². The maximum Gasteiger partial charge on any atom is 0.202 e. The Morgan fingerprint density at radius 2 is 2.41 bits per heavy atom. The van der Waals surface area contributed by atoms with Crippen molar-refractivity contribution in [2.45, 2.75) is 32.9 Å². The first-order valence-electron chi connectivity index (χ1n) is 6.13. The van der Waals surface area contributed by atoms with Crippen molar-refractivity contribution < 1.29 is 4.74 Å². The number of nitrogens with one attached hydrogen (secondary N) is 1. The SMILES string of the molecule is CCN1CCOC(c2nsc(NC(C)C)n2)C1. The number of hydrogen-bond acceptors (Lipinski definition) is 6. The Morgan fingerprint density at radius 3 is 3.12 bits per heavy atom. The van der Waals surface area contributed by atoms with Crippen molar-refractivity contribution in [2.75, 3.05) is 31.6 Å². The van der Waals surface area contributed by atoms with Crippen molar-refractivity contribution in [3.63, 3.8) is 0 Å². The Labute approximate surface area is 106 Å². The number of aromatic nitrogens is 2. The first-order chi connectivity index (χ1) is 8.19. The molecule has 1 aliphatic rings. The number of hydrogen-bond donors (Lipinski definition) is 1. The van der Waals surface area contributed by atoms with Crippen LogP contribution >= 0.6 is 11.5 Å². The molecule has 96 valence electrons. The molecule has 0 aliphatic carbocycles. The van der Waals surface area contributed by atoms with E-state index in [9.17, 15) is 0 Å². The van der Waals surface area contributed by atoms with Gasteiger partial charge in [0.15, 0.2) is 5.82 Å². The maximum atomic E-state index is 5.73. The topological polar surface area (TPSA) is 50.3 Å². The fourth-order valence-electron chi connectivity index (χ4n) is 1.82. The Bertz CT molecular complexity index is 355. The zero-order chi connectivity index (χ0) is 12.3. The minimum absolute atomic E-state index is 0.0302. The number of ether oxygens (including phenoxy) is 1. The van der Waals surface area contributed by atoms with E-state index in [1.165, 1.54) is 11.5 Å². The van der Waals surface area contributed by atoms with Crippen molar-refractivity contribution >= 4 is 16.7 Å². The van der Waals surface area contributed by atoms with Gasteiger partial charge in [0, 0.05) is 30.7 Å². The Hall–Kier alpha value is -0.720. The predicted molar refractivity (Wildman–Crippen MR) is 69.5 cm³/mol. The molecule has 2 rings (SSSR count). The van der Waals surface area contributed by atoms with Crippen LogP contribution in [-0.2, 0) is 4.74 Å². The van der Waals surface area contributed by atoms with Crippen LogP contribution in [0.15, 0.2) is 0 Å². The van der Waals surface area contributed by atoms with E-state index in [1.54, 1.807) is 0 Å². The van der Waals surface area contributed by atoms with E-state index in [4.69, 9.17) is 4.74 Å². The number of likely N-dealkylation sites (N-methyl/N-ethyl adjacent to an activating group) is 1. The van der Waals surface area contributed by atoms with Gasteiger partial charge in [-0.3, -0.25) is 4.90 Å². The molecular formula is C11H20N4OS. The molecule has 0 radical (unpaired) electrons. The Morgan fingerprint density at radius 1 is 1.59 bits per heavy atom. The molecule has 5 nitrogen and oxygen atoms in total. The van der Waals surface area contributed by atoms with Gasteiger partial charge in [-0.1, -0.05) is 6.92 Å². The van der Waals surface area contributed by atoms with E-state index in [1.807, 2.05) is 0 Å². The third-order valence-electron chi connectivity index (χ3n) is 2.74. The molecule has 1 aliphatic heterocycles. The van der Waals surface area contributed by atoms with Crippen LogP contribution in [0.1, 0.15) is 32.7 Å². The summed E-state index contributed by atoms with van der Waals surface area (Å²) in [5.41, 5.74) is 0. The van der Waals surface area contributed by atoms with Gasteiger partial charge < -0.3 is 10.1 Å². The Kier molecular flexibility index (Phi) is 4.31. The highest BCUT2D eigenvalue weighted by atomic mass is 32.1. The molecule has 6 heteroatoms. The quantitative estimate of drug-likeness (QED) is 0.889. The third-order valence-corrected chi connectivity index (χ3v) is 3.40. The summed E-state index contributed by atoms with van der Waals surface area (Å²) in [6, 6.07) is 0.384. The van der Waals surface area contributed by atoms with Gasteiger partial charge in [0.2, 0.25) is 5.13 Å². The van der Waals surface area contributed by atoms with Crippen LogP contribution in [0.3, 0.4) is 0 Å². The van der Waals surface area contributed by atoms with E-state index in [0.29, 0.717) is 6.04 Å². The van der Waals surface area contributed by atoms with E-state index < -0.39 is 0 Å². The molecule has 1 N–H and O–H groups in total. The van der Waals surface area contributed by atoms with E-state index >= 15 is 0 Å². The van der Waals surface area contributed by atoms with Crippen LogP contribution in [0.4, 0.5) is 5.13 Å². The monoisotopic (exact) mass is 256 g/mol. The van der Waals surface area contributed by atoms with Crippen LogP contribution in [0.2, 0.25) is 0 Å². The molecule has 1 fully saturated rings. The van der Waals surface area contributed by atoms with Gasteiger partial charge in [-0.15, -0.1) is 0 Å². The Balaban J connectivity index is 1.99. The van der Waals surface area contributed by atoms with Gasteiger partial charge >= 0.3 is 0 Å². The molecule has 0 bridgehead atoms. The molecule has 0 spiro atoms. The van der Waals surface area contributed by atoms with Gasteiger partial charge in [-0.25, -0.2) is 4.98 Å². The summed E-state index contributed by atoms with van der Waals surface area (Å²) in [6.45, 7) is 10.1. The lowest BCUT2D eigenvalue weighted by atomic mass is 10.2.